The van der Waals surface area contributed by atoms with Gasteiger partial charge in [-0.05, 0) is 32.1 Å². The Balaban J connectivity index is 2.03. The zero-order valence-electron chi connectivity index (χ0n) is 16.5. The van der Waals surface area contributed by atoms with Crippen LogP contribution in [0.2, 0.25) is 0 Å². The summed E-state index contributed by atoms with van der Waals surface area (Å²) in [6.07, 6.45) is 1.61. The van der Waals surface area contributed by atoms with Gasteiger partial charge in [0.05, 0.1) is 6.04 Å². The summed E-state index contributed by atoms with van der Waals surface area (Å²) in [5.74, 6) is -3.74. The van der Waals surface area contributed by atoms with Crippen molar-refractivity contribution in [2.24, 2.45) is 5.73 Å². The molecule has 0 aromatic carbocycles. The Morgan fingerprint density at radius 1 is 1.03 bits per heavy atom. The molecular formula is C18H28N4O7S. The third-order valence-corrected chi connectivity index (χ3v) is 5.81. The summed E-state index contributed by atoms with van der Waals surface area (Å²) in [6, 6.07) is -3.78. The molecule has 4 atom stereocenters. The molecule has 2 fully saturated rings. The lowest BCUT2D eigenvalue weighted by atomic mass is 10.1. The van der Waals surface area contributed by atoms with E-state index in [-0.39, 0.29) is 18.6 Å². The molecule has 0 radical (unpaired) electrons. The number of hydrogen-bond acceptors (Lipinski definition) is 7. The van der Waals surface area contributed by atoms with Crippen LogP contribution in [0.25, 0.3) is 0 Å². The van der Waals surface area contributed by atoms with Crippen LogP contribution < -0.4 is 11.1 Å². The van der Waals surface area contributed by atoms with Crippen molar-refractivity contribution in [3.05, 3.63) is 0 Å². The molecule has 11 nitrogen and oxygen atoms in total. The number of nitrogens with zero attached hydrogens (tertiary/aromatic N) is 2. The average Bonchev–Trinajstić information content (AvgIpc) is 3.38. The number of carbonyl (C=O) groups excluding carboxylic acids is 3. The Kier molecular flexibility index (Phi) is 8.47. The number of carboxylic acid groups (broad SMARTS) is 2. The standard InChI is InChI=1S/C18H28N4O7S/c19-10(5-6-14(23)24)15(25)20-11(9-30)16(26)21-7-1-3-12(21)17(27)22-8-2-4-13(22)18(28)29/h10-13,30H,1-9,19H2,(H,20,25)(H,23,24)(H,28,29). The van der Waals surface area contributed by atoms with Gasteiger partial charge < -0.3 is 31.1 Å². The second-order valence-corrected chi connectivity index (χ2v) is 7.87. The van der Waals surface area contributed by atoms with E-state index in [0.29, 0.717) is 38.8 Å². The fourth-order valence-electron chi connectivity index (χ4n) is 3.84. The largest absolute Gasteiger partial charge is 0.481 e. The predicted molar refractivity (Wildman–Crippen MR) is 108 cm³/mol. The summed E-state index contributed by atoms with van der Waals surface area (Å²) >= 11 is 4.12. The van der Waals surface area contributed by atoms with Gasteiger partial charge in [0.1, 0.15) is 18.1 Å². The summed E-state index contributed by atoms with van der Waals surface area (Å²) in [6.45, 7) is 0.644. The molecule has 3 amide bonds. The molecule has 30 heavy (non-hydrogen) atoms. The minimum absolute atomic E-state index is 0.0326. The molecule has 0 aliphatic carbocycles. The van der Waals surface area contributed by atoms with Crippen LogP contribution in [0.15, 0.2) is 0 Å². The average molecular weight is 445 g/mol. The number of aliphatic carboxylic acids is 2. The highest BCUT2D eigenvalue weighted by Gasteiger charge is 2.43. The smallest absolute Gasteiger partial charge is 0.326 e. The van der Waals surface area contributed by atoms with Crippen LogP contribution in [0.3, 0.4) is 0 Å². The van der Waals surface area contributed by atoms with Gasteiger partial charge in [0.15, 0.2) is 0 Å². The van der Waals surface area contributed by atoms with E-state index in [1.807, 2.05) is 0 Å². The highest BCUT2D eigenvalue weighted by atomic mass is 32.1. The highest BCUT2D eigenvalue weighted by Crippen LogP contribution is 2.25. The van der Waals surface area contributed by atoms with Gasteiger partial charge in [-0.15, -0.1) is 0 Å². The first-order valence-corrected chi connectivity index (χ1v) is 10.5. The van der Waals surface area contributed by atoms with Crippen molar-refractivity contribution in [2.75, 3.05) is 18.8 Å². The molecule has 168 valence electrons. The van der Waals surface area contributed by atoms with Crippen molar-refractivity contribution in [3.63, 3.8) is 0 Å². The number of rotatable bonds is 9. The first-order chi connectivity index (χ1) is 14.2. The summed E-state index contributed by atoms with van der Waals surface area (Å²) in [4.78, 5) is 62.9. The first kappa shape index (κ1) is 23.9. The van der Waals surface area contributed by atoms with Gasteiger partial charge in [-0.3, -0.25) is 19.2 Å². The third kappa shape index (κ3) is 5.63. The van der Waals surface area contributed by atoms with E-state index in [2.05, 4.69) is 17.9 Å². The van der Waals surface area contributed by atoms with Gasteiger partial charge in [0.2, 0.25) is 17.7 Å². The molecule has 2 saturated heterocycles. The number of amides is 3. The van der Waals surface area contributed by atoms with E-state index in [9.17, 15) is 29.1 Å². The van der Waals surface area contributed by atoms with Crippen LogP contribution in [-0.4, -0.2) is 92.7 Å². The SMILES string of the molecule is NC(CCC(=O)O)C(=O)NC(CS)C(=O)N1CCCC1C(=O)N1CCCC1C(=O)O. The number of nitrogens with one attached hydrogen (secondary N) is 1. The van der Waals surface area contributed by atoms with Crippen molar-refractivity contribution >= 4 is 42.3 Å². The molecule has 12 heteroatoms. The molecule has 5 N–H and O–H groups in total. The number of carboxylic acids is 2. The maximum Gasteiger partial charge on any atom is 0.326 e. The molecule has 2 heterocycles. The molecule has 0 bridgehead atoms. The maximum absolute atomic E-state index is 13.0. The zero-order chi connectivity index (χ0) is 22.4. The van der Waals surface area contributed by atoms with Gasteiger partial charge in [-0.1, -0.05) is 0 Å². The number of thiol groups is 1. The Bertz CT molecular complexity index is 704. The Hall–Kier alpha value is -2.34. The normalized spacial score (nSPS) is 23.1. The number of carbonyl (C=O) groups is 5. The first-order valence-electron chi connectivity index (χ1n) is 9.89. The molecule has 0 spiro atoms. The fourth-order valence-corrected chi connectivity index (χ4v) is 4.09. The van der Waals surface area contributed by atoms with Crippen molar-refractivity contribution in [2.45, 2.75) is 62.7 Å². The molecule has 0 aromatic rings. The van der Waals surface area contributed by atoms with Crippen molar-refractivity contribution in [1.82, 2.24) is 15.1 Å². The fraction of sp³-hybridized carbons (Fsp3) is 0.722. The maximum atomic E-state index is 13.0. The van der Waals surface area contributed by atoms with E-state index in [0.717, 1.165) is 0 Å². The van der Waals surface area contributed by atoms with Crippen LogP contribution >= 0.6 is 12.6 Å². The topological polar surface area (TPSA) is 170 Å². The van der Waals surface area contributed by atoms with E-state index in [4.69, 9.17) is 10.8 Å². The summed E-state index contributed by atoms with van der Waals surface area (Å²) in [5.41, 5.74) is 5.68. The van der Waals surface area contributed by atoms with Crippen LogP contribution in [0.5, 0.6) is 0 Å². The lowest BCUT2D eigenvalue weighted by molar-refractivity contribution is -0.152. The minimum atomic E-state index is -1.09. The quantitative estimate of drug-likeness (QED) is 0.272. The Morgan fingerprint density at radius 2 is 1.63 bits per heavy atom. The second kappa shape index (κ2) is 10.6. The third-order valence-electron chi connectivity index (χ3n) is 5.45. The predicted octanol–water partition coefficient (Wildman–Crippen LogP) is -1.34. The molecule has 2 aliphatic rings. The molecule has 2 aliphatic heterocycles. The van der Waals surface area contributed by atoms with Crippen LogP contribution in [0, 0.1) is 0 Å². The van der Waals surface area contributed by atoms with Crippen molar-refractivity contribution in [1.29, 1.82) is 0 Å². The van der Waals surface area contributed by atoms with Crippen molar-refractivity contribution < 1.29 is 34.2 Å². The minimum Gasteiger partial charge on any atom is -0.481 e. The number of nitrogens with two attached hydrogens (primary N) is 1. The van der Waals surface area contributed by atoms with Gasteiger partial charge in [-0.25, -0.2) is 4.79 Å². The Morgan fingerprint density at radius 3 is 2.20 bits per heavy atom. The van der Waals surface area contributed by atoms with Crippen LogP contribution in [-0.2, 0) is 24.0 Å². The molecular weight excluding hydrogens is 416 g/mol. The van der Waals surface area contributed by atoms with Gasteiger partial charge in [0.25, 0.3) is 0 Å². The van der Waals surface area contributed by atoms with Gasteiger partial charge >= 0.3 is 11.9 Å². The van der Waals surface area contributed by atoms with Crippen LogP contribution in [0.4, 0.5) is 0 Å². The van der Waals surface area contributed by atoms with E-state index < -0.39 is 53.8 Å². The van der Waals surface area contributed by atoms with Crippen molar-refractivity contribution in [3.8, 4) is 0 Å². The lowest BCUT2D eigenvalue weighted by Gasteiger charge is -2.32. The zero-order valence-corrected chi connectivity index (χ0v) is 17.4. The van der Waals surface area contributed by atoms with Crippen LogP contribution in [0.1, 0.15) is 38.5 Å². The number of likely N-dealkylation sites (tertiary alicyclic amines) is 2. The second-order valence-electron chi connectivity index (χ2n) is 7.50. The van der Waals surface area contributed by atoms with Gasteiger partial charge in [0, 0.05) is 25.3 Å². The molecule has 0 aromatic heterocycles. The summed E-state index contributed by atoms with van der Waals surface area (Å²) < 4.78 is 0. The molecule has 0 saturated carbocycles. The molecule has 2 rings (SSSR count). The van der Waals surface area contributed by atoms with Gasteiger partial charge in [-0.2, -0.15) is 12.6 Å². The summed E-state index contributed by atoms with van der Waals surface area (Å²) in [7, 11) is 0. The Labute approximate surface area is 179 Å². The highest BCUT2D eigenvalue weighted by molar-refractivity contribution is 7.80. The van der Waals surface area contributed by atoms with E-state index >= 15 is 0 Å². The van der Waals surface area contributed by atoms with E-state index in [1.54, 1.807) is 0 Å². The monoisotopic (exact) mass is 444 g/mol. The summed E-state index contributed by atoms with van der Waals surface area (Å²) in [5, 5.41) is 20.5. The number of hydrogen-bond donors (Lipinski definition) is 5. The lowest BCUT2D eigenvalue weighted by Crippen LogP contribution is -2.57. The molecule has 4 unspecified atom stereocenters. The van der Waals surface area contributed by atoms with E-state index in [1.165, 1.54) is 9.80 Å².